The largest absolute Gasteiger partial charge is 0.497 e. The number of hydrogen-bond donors (Lipinski definition) is 1. The number of rotatable bonds is 9. The number of anilines is 1. The summed E-state index contributed by atoms with van der Waals surface area (Å²) < 4.78 is 38.0. The summed E-state index contributed by atoms with van der Waals surface area (Å²) >= 11 is 12.1. The monoisotopic (exact) mass is 521 g/mol. The molecular weight excluding hydrogens is 501 g/mol. The lowest BCUT2D eigenvalue weighted by Gasteiger charge is -2.24. The van der Waals surface area contributed by atoms with Crippen LogP contribution in [0.4, 0.5) is 5.69 Å². The summed E-state index contributed by atoms with van der Waals surface area (Å²) in [6.07, 6.45) is 1.37. The number of hydrazone groups is 1. The van der Waals surface area contributed by atoms with Gasteiger partial charge in [-0.15, -0.1) is 0 Å². The van der Waals surface area contributed by atoms with Gasteiger partial charge in [0.25, 0.3) is 15.9 Å². The van der Waals surface area contributed by atoms with Gasteiger partial charge in [0, 0.05) is 5.56 Å². The lowest BCUT2D eigenvalue weighted by molar-refractivity contribution is -0.119. The number of nitrogens with zero attached hydrogens (tertiary/aromatic N) is 2. The Morgan fingerprint density at radius 1 is 1.00 bits per heavy atom. The first-order valence-electron chi connectivity index (χ1n) is 9.83. The molecule has 0 saturated carbocycles. The van der Waals surface area contributed by atoms with Crippen molar-refractivity contribution in [3.05, 3.63) is 82.3 Å². The Balaban J connectivity index is 1.86. The molecule has 0 aliphatic heterocycles. The minimum atomic E-state index is -4.09. The van der Waals surface area contributed by atoms with Crippen molar-refractivity contribution in [2.24, 2.45) is 5.10 Å². The molecule has 3 aromatic carbocycles. The zero-order valence-electron chi connectivity index (χ0n) is 18.2. The van der Waals surface area contributed by atoms with Crippen molar-refractivity contribution in [3.8, 4) is 11.5 Å². The van der Waals surface area contributed by atoms with Crippen molar-refractivity contribution in [2.45, 2.75) is 4.90 Å². The third-order valence-corrected chi connectivity index (χ3v) is 7.17. The van der Waals surface area contributed by atoms with E-state index < -0.39 is 22.5 Å². The Hall–Kier alpha value is -3.27. The Labute approximate surface area is 207 Å². The van der Waals surface area contributed by atoms with E-state index >= 15 is 0 Å². The lowest BCUT2D eigenvalue weighted by Crippen LogP contribution is -2.39. The van der Waals surface area contributed by atoms with Crippen molar-refractivity contribution in [1.29, 1.82) is 0 Å². The summed E-state index contributed by atoms with van der Waals surface area (Å²) in [5.74, 6) is 0.417. The molecule has 0 heterocycles. The molecule has 0 spiro atoms. The van der Waals surface area contributed by atoms with Crippen LogP contribution in [0.25, 0.3) is 0 Å². The molecule has 0 radical (unpaired) electrons. The van der Waals surface area contributed by atoms with E-state index in [4.69, 9.17) is 32.7 Å². The zero-order chi connectivity index (χ0) is 24.7. The highest BCUT2D eigenvalue weighted by Gasteiger charge is 2.27. The van der Waals surface area contributed by atoms with E-state index in [0.717, 1.165) is 4.31 Å². The van der Waals surface area contributed by atoms with E-state index in [-0.39, 0.29) is 20.6 Å². The first kappa shape index (κ1) is 25.4. The van der Waals surface area contributed by atoms with Gasteiger partial charge in [-0.3, -0.25) is 9.10 Å². The summed E-state index contributed by atoms with van der Waals surface area (Å²) in [6.45, 7) is -0.554. The highest BCUT2D eigenvalue weighted by atomic mass is 35.5. The molecule has 0 aliphatic carbocycles. The van der Waals surface area contributed by atoms with Gasteiger partial charge in [0.1, 0.15) is 18.0 Å². The number of carbonyl (C=O) groups excluding carboxylic acids is 1. The van der Waals surface area contributed by atoms with Crippen LogP contribution < -0.4 is 19.2 Å². The molecule has 11 heteroatoms. The van der Waals surface area contributed by atoms with Crippen LogP contribution in [0.2, 0.25) is 10.0 Å². The van der Waals surface area contributed by atoms with Crippen molar-refractivity contribution < 1.29 is 22.7 Å². The predicted molar refractivity (Wildman–Crippen MR) is 133 cm³/mol. The van der Waals surface area contributed by atoms with Crippen molar-refractivity contribution in [1.82, 2.24) is 5.43 Å². The van der Waals surface area contributed by atoms with Gasteiger partial charge in [-0.05, 0) is 48.5 Å². The molecule has 1 amide bonds. The van der Waals surface area contributed by atoms with Crippen molar-refractivity contribution in [2.75, 3.05) is 25.1 Å². The van der Waals surface area contributed by atoms with Gasteiger partial charge in [-0.25, -0.2) is 13.8 Å². The molecular formula is C23H21Cl2N3O5S. The molecule has 0 atom stereocenters. The average molecular weight is 522 g/mol. The molecule has 1 N–H and O–H groups in total. The van der Waals surface area contributed by atoms with Gasteiger partial charge >= 0.3 is 0 Å². The van der Waals surface area contributed by atoms with Crippen LogP contribution in [0.15, 0.2) is 76.7 Å². The van der Waals surface area contributed by atoms with Crippen LogP contribution in [0.5, 0.6) is 11.5 Å². The second-order valence-electron chi connectivity index (χ2n) is 6.82. The second-order valence-corrected chi connectivity index (χ2v) is 9.50. The minimum Gasteiger partial charge on any atom is -0.497 e. The smallest absolute Gasteiger partial charge is 0.264 e. The molecule has 8 nitrogen and oxygen atoms in total. The number of methoxy groups -OCH3 is 2. The van der Waals surface area contributed by atoms with E-state index in [1.54, 1.807) is 36.4 Å². The molecule has 3 rings (SSSR count). The third kappa shape index (κ3) is 5.99. The summed E-state index contributed by atoms with van der Waals surface area (Å²) in [4.78, 5) is 12.7. The molecule has 3 aromatic rings. The standard InChI is InChI=1S/C23H21Cl2N3O5S/c1-32-18-9-11-22(33-2)16(12-18)14-26-27-23(29)15-28(17-8-10-20(24)21(25)13-17)34(30,31)19-6-4-3-5-7-19/h3-14H,15H2,1-2H3,(H,27,29)/b26-14-. The number of benzene rings is 3. The molecule has 178 valence electrons. The number of sulfonamides is 1. The second kappa shape index (κ2) is 11.2. The molecule has 34 heavy (non-hydrogen) atoms. The van der Waals surface area contributed by atoms with E-state index in [0.29, 0.717) is 17.1 Å². The van der Waals surface area contributed by atoms with Crippen LogP contribution in [-0.4, -0.2) is 41.3 Å². The molecule has 0 unspecified atom stereocenters. The number of carbonyl (C=O) groups is 1. The Morgan fingerprint density at radius 2 is 1.74 bits per heavy atom. The maximum atomic E-state index is 13.3. The summed E-state index contributed by atoms with van der Waals surface area (Å²) in [7, 11) is -1.07. The van der Waals surface area contributed by atoms with Crippen LogP contribution >= 0.6 is 23.2 Å². The fourth-order valence-corrected chi connectivity index (χ4v) is 4.68. The highest BCUT2D eigenvalue weighted by Crippen LogP contribution is 2.30. The lowest BCUT2D eigenvalue weighted by atomic mass is 10.2. The number of ether oxygens (including phenoxy) is 2. The van der Waals surface area contributed by atoms with Crippen LogP contribution in [0.1, 0.15) is 5.56 Å². The van der Waals surface area contributed by atoms with Gasteiger partial charge in [-0.2, -0.15) is 5.10 Å². The Morgan fingerprint density at radius 3 is 2.38 bits per heavy atom. The van der Waals surface area contributed by atoms with E-state index in [1.165, 1.54) is 50.8 Å². The zero-order valence-corrected chi connectivity index (χ0v) is 20.6. The molecule has 0 bridgehead atoms. The molecule has 0 aliphatic rings. The summed E-state index contributed by atoms with van der Waals surface area (Å²) in [5, 5.41) is 4.33. The number of amides is 1. The Kier molecular flexibility index (Phi) is 8.38. The van der Waals surface area contributed by atoms with Crippen LogP contribution in [-0.2, 0) is 14.8 Å². The van der Waals surface area contributed by atoms with Gasteiger partial charge in [0.05, 0.1) is 41.1 Å². The third-order valence-electron chi connectivity index (χ3n) is 4.64. The highest BCUT2D eigenvalue weighted by molar-refractivity contribution is 7.92. The maximum Gasteiger partial charge on any atom is 0.264 e. The molecule has 0 fully saturated rings. The van der Waals surface area contributed by atoms with Gasteiger partial charge < -0.3 is 9.47 Å². The predicted octanol–water partition coefficient (Wildman–Crippen LogP) is 4.36. The van der Waals surface area contributed by atoms with Crippen LogP contribution in [0.3, 0.4) is 0 Å². The van der Waals surface area contributed by atoms with E-state index in [9.17, 15) is 13.2 Å². The summed E-state index contributed by atoms with van der Waals surface area (Å²) in [6, 6.07) is 17.1. The fraction of sp³-hybridized carbons (Fsp3) is 0.130. The van der Waals surface area contributed by atoms with Gasteiger partial charge in [0.15, 0.2) is 0 Å². The SMILES string of the molecule is COc1ccc(OC)c(/C=N\NC(=O)CN(c2ccc(Cl)c(Cl)c2)S(=O)(=O)c2ccccc2)c1. The number of halogens is 2. The normalized spacial score (nSPS) is 11.3. The molecule has 0 saturated heterocycles. The average Bonchev–Trinajstić information content (AvgIpc) is 2.84. The van der Waals surface area contributed by atoms with Gasteiger partial charge in [-0.1, -0.05) is 41.4 Å². The Bertz CT molecular complexity index is 1300. The topological polar surface area (TPSA) is 97.3 Å². The maximum absolute atomic E-state index is 13.3. The first-order valence-corrected chi connectivity index (χ1v) is 12.0. The van der Waals surface area contributed by atoms with E-state index in [1.807, 2.05) is 0 Å². The van der Waals surface area contributed by atoms with E-state index in [2.05, 4.69) is 10.5 Å². The number of nitrogens with one attached hydrogen (secondary N) is 1. The van der Waals surface area contributed by atoms with Crippen LogP contribution in [0, 0.1) is 0 Å². The minimum absolute atomic E-state index is 0.0125. The molecule has 0 aromatic heterocycles. The quantitative estimate of drug-likeness (QED) is 0.333. The van der Waals surface area contributed by atoms with Gasteiger partial charge in [0.2, 0.25) is 0 Å². The fourth-order valence-electron chi connectivity index (χ4n) is 2.95. The summed E-state index contributed by atoms with van der Waals surface area (Å²) in [5.41, 5.74) is 3.07. The first-order chi connectivity index (χ1) is 16.3. The number of hydrogen-bond acceptors (Lipinski definition) is 6. The van der Waals surface area contributed by atoms with Crippen molar-refractivity contribution in [3.63, 3.8) is 0 Å². The van der Waals surface area contributed by atoms with Crippen molar-refractivity contribution >= 4 is 51.0 Å².